The molecule has 3 heteroatoms. The van der Waals surface area contributed by atoms with Gasteiger partial charge in [-0.15, -0.1) is 0 Å². The van der Waals surface area contributed by atoms with Gasteiger partial charge in [0.05, 0.1) is 5.69 Å². The number of aliphatic imine (C=N–C) groups is 1. The van der Waals surface area contributed by atoms with Crippen LogP contribution >= 0.6 is 0 Å². The molecule has 1 aromatic carbocycles. The quantitative estimate of drug-likeness (QED) is 0.803. The van der Waals surface area contributed by atoms with E-state index in [0.717, 1.165) is 35.5 Å². The Labute approximate surface area is 109 Å². The van der Waals surface area contributed by atoms with Crippen LogP contribution in [-0.4, -0.2) is 17.8 Å². The van der Waals surface area contributed by atoms with Crippen molar-refractivity contribution in [2.45, 2.75) is 46.6 Å². The molecule has 1 aromatic rings. The van der Waals surface area contributed by atoms with Crippen molar-refractivity contribution in [1.82, 2.24) is 0 Å². The fourth-order valence-corrected chi connectivity index (χ4v) is 2.48. The maximum absolute atomic E-state index is 12.4. The predicted octanol–water partition coefficient (Wildman–Crippen LogP) is 3.24. The van der Waals surface area contributed by atoms with Crippen molar-refractivity contribution in [3.05, 3.63) is 29.3 Å². The van der Waals surface area contributed by atoms with Gasteiger partial charge in [0.1, 0.15) is 11.9 Å². The molecule has 2 rings (SSSR count). The molecule has 0 aliphatic carbocycles. The monoisotopic (exact) mass is 244 g/mol. The SMILES string of the molecule is CCC1=NC(CC)C(=O)N1c1c(C)cccc1C. The lowest BCUT2D eigenvalue weighted by molar-refractivity contribution is -0.118. The zero-order valence-corrected chi connectivity index (χ0v) is 11.5. The molecule has 1 unspecified atom stereocenters. The van der Waals surface area contributed by atoms with Crippen molar-refractivity contribution in [2.75, 3.05) is 4.90 Å². The number of rotatable bonds is 3. The summed E-state index contributed by atoms with van der Waals surface area (Å²) in [6.07, 6.45) is 1.56. The maximum Gasteiger partial charge on any atom is 0.257 e. The van der Waals surface area contributed by atoms with Crippen LogP contribution in [0.3, 0.4) is 0 Å². The molecule has 1 aliphatic rings. The second kappa shape index (κ2) is 4.92. The van der Waals surface area contributed by atoms with Gasteiger partial charge in [-0.05, 0) is 31.4 Å². The Morgan fingerprint density at radius 1 is 1.22 bits per heavy atom. The molecule has 1 amide bonds. The van der Waals surface area contributed by atoms with Crippen molar-refractivity contribution in [3.8, 4) is 0 Å². The highest BCUT2D eigenvalue weighted by Crippen LogP contribution is 2.30. The van der Waals surface area contributed by atoms with E-state index in [2.05, 4.69) is 4.99 Å². The van der Waals surface area contributed by atoms with E-state index in [-0.39, 0.29) is 11.9 Å². The summed E-state index contributed by atoms with van der Waals surface area (Å²) < 4.78 is 0. The smallest absolute Gasteiger partial charge is 0.257 e. The molecule has 0 bridgehead atoms. The Hall–Kier alpha value is -1.64. The van der Waals surface area contributed by atoms with Gasteiger partial charge < -0.3 is 0 Å². The average molecular weight is 244 g/mol. The number of amidine groups is 1. The van der Waals surface area contributed by atoms with Crippen LogP contribution in [-0.2, 0) is 4.79 Å². The number of carbonyl (C=O) groups is 1. The molecule has 0 N–H and O–H groups in total. The molecule has 96 valence electrons. The first kappa shape index (κ1) is 12.8. The number of aryl methyl sites for hydroxylation is 2. The molecule has 0 saturated heterocycles. The normalized spacial score (nSPS) is 19.3. The number of nitrogens with zero attached hydrogens (tertiary/aromatic N) is 2. The molecule has 0 saturated carbocycles. The average Bonchev–Trinajstić information content (AvgIpc) is 2.66. The van der Waals surface area contributed by atoms with Gasteiger partial charge >= 0.3 is 0 Å². The van der Waals surface area contributed by atoms with Crippen LogP contribution < -0.4 is 4.90 Å². The van der Waals surface area contributed by atoms with Gasteiger partial charge in [-0.25, -0.2) is 0 Å². The van der Waals surface area contributed by atoms with Gasteiger partial charge in [0.15, 0.2) is 0 Å². The van der Waals surface area contributed by atoms with Crippen LogP contribution in [0.15, 0.2) is 23.2 Å². The fraction of sp³-hybridized carbons (Fsp3) is 0.467. The maximum atomic E-state index is 12.4. The largest absolute Gasteiger partial charge is 0.272 e. The molecule has 0 fully saturated rings. The lowest BCUT2D eigenvalue weighted by atomic mass is 10.1. The van der Waals surface area contributed by atoms with Crippen LogP contribution in [0.5, 0.6) is 0 Å². The third-order valence-electron chi connectivity index (χ3n) is 3.43. The zero-order chi connectivity index (χ0) is 13.3. The van der Waals surface area contributed by atoms with Gasteiger partial charge in [0, 0.05) is 6.42 Å². The Morgan fingerprint density at radius 3 is 2.33 bits per heavy atom. The van der Waals surface area contributed by atoms with Crippen LogP contribution in [0.2, 0.25) is 0 Å². The molecule has 0 aromatic heterocycles. The Bertz CT molecular complexity index is 485. The van der Waals surface area contributed by atoms with Gasteiger partial charge in [-0.3, -0.25) is 14.7 Å². The summed E-state index contributed by atoms with van der Waals surface area (Å²) >= 11 is 0. The summed E-state index contributed by atoms with van der Waals surface area (Å²) in [6, 6.07) is 5.91. The van der Waals surface area contributed by atoms with Crippen LogP contribution in [0, 0.1) is 13.8 Å². The highest BCUT2D eigenvalue weighted by molar-refractivity contribution is 6.23. The number of hydrogen-bond donors (Lipinski definition) is 0. The molecule has 18 heavy (non-hydrogen) atoms. The predicted molar refractivity (Wildman–Crippen MR) is 75.2 cm³/mol. The molecule has 3 nitrogen and oxygen atoms in total. The summed E-state index contributed by atoms with van der Waals surface area (Å²) in [4.78, 5) is 18.8. The Balaban J connectivity index is 2.50. The van der Waals surface area contributed by atoms with Crippen LogP contribution in [0.1, 0.15) is 37.8 Å². The lowest BCUT2D eigenvalue weighted by Gasteiger charge is -2.22. The Morgan fingerprint density at radius 2 is 1.83 bits per heavy atom. The molecule has 0 spiro atoms. The lowest BCUT2D eigenvalue weighted by Crippen LogP contribution is -2.35. The van der Waals surface area contributed by atoms with Crippen molar-refractivity contribution in [3.63, 3.8) is 0 Å². The van der Waals surface area contributed by atoms with E-state index in [1.807, 2.05) is 50.8 Å². The minimum Gasteiger partial charge on any atom is -0.272 e. The highest BCUT2D eigenvalue weighted by Gasteiger charge is 2.34. The van der Waals surface area contributed by atoms with Gasteiger partial charge in [-0.2, -0.15) is 0 Å². The van der Waals surface area contributed by atoms with E-state index in [4.69, 9.17) is 0 Å². The second-order valence-electron chi connectivity index (χ2n) is 4.74. The van der Waals surface area contributed by atoms with E-state index >= 15 is 0 Å². The van der Waals surface area contributed by atoms with Crippen molar-refractivity contribution < 1.29 is 4.79 Å². The van der Waals surface area contributed by atoms with Crippen LogP contribution in [0.25, 0.3) is 0 Å². The second-order valence-corrected chi connectivity index (χ2v) is 4.74. The van der Waals surface area contributed by atoms with E-state index in [1.54, 1.807) is 0 Å². The van der Waals surface area contributed by atoms with Crippen molar-refractivity contribution in [1.29, 1.82) is 0 Å². The number of anilines is 1. The summed E-state index contributed by atoms with van der Waals surface area (Å²) in [6.45, 7) is 8.14. The topological polar surface area (TPSA) is 32.7 Å². The molecule has 1 atom stereocenters. The summed E-state index contributed by atoms with van der Waals surface area (Å²) in [5, 5.41) is 0. The van der Waals surface area contributed by atoms with Gasteiger partial charge in [0.2, 0.25) is 0 Å². The standard InChI is InChI=1S/C15H20N2O/c1-5-12-15(18)17(13(6-2)16-12)14-10(3)8-7-9-11(14)4/h7-9,12H,5-6H2,1-4H3. The van der Waals surface area contributed by atoms with Gasteiger partial charge in [0.25, 0.3) is 5.91 Å². The minimum atomic E-state index is -0.195. The van der Waals surface area contributed by atoms with Crippen molar-refractivity contribution in [2.24, 2.45) is 4.99 Å². The summed E-state index contributed by atoms with van der Waals surface area (Å²) in [5.74, 6) is 1.01. The minimum absolute atomic E-state index is 0.117. The van der Waals surface area contributed by atoms with Crippen LogP contribution in [0.4, 0.5) is 5.69 Å². The van der Waals surface area contributed by atoms with E-state index in [1.165, 1.54) is 0 Å². The molecule has 0 radical (unpaired) electrons. The summed E-state index contributed by atoms with van der Waals surface area (Å²) in [5.41, 5.74) is 3.27. The fourth-order valence-electron chi connectivity index (χ4n) is 2.48. The van der Waals surface area contributed by atoms with E-state index in [0.29, 0.717) is 0 Å². The van der Waals surface area contributed by atoms with E-state index in [9.17, 15) is 4.79 Å². The summed E-state index contributed by atoms with van der Waals surface area (Å²) in [7, 11) is 0. The number of amides is 1. The highest BCUT2D eigenvalue weighted by atomic mass is 16.2. The first-order valence-electron chi connectivity index (χ1n) is 6.57. The van der Waals surface area contributed by atoms with Crippen molar-refractivity contribution >= 4 is 17.4 Å². The van der Waals surface area contributed by atoms with Gasteiger partial charge in [-0.1, -0.05) is 32.0 Å². The van der Waals surface area contributed by atoms with E-state index < -0.39 is 0 Å². The third kappa shape index (κ3) is 1.94. The molecular formula is C15H20N2O. The Kier molecular flexibility index (Phi) is 3.50. The molecule has 1 aliphatic heterocycles. The molecule has 1 heterocycles. The first-order valence-corrected chi connectivity index (χ1v) is 6.57. The number of para-hydroxylation sites is 1. The zero-order valence-electron chi connectivity index (χ0n) is 11.5. The number of hydrogen-bond acceptors (Lipinski definition) is 2. The molecular weight excluding hydrogens is 224 g/mol. The number of carbonyl (C=O) groups excluding carboxylic acids is 1. The first-order chi connectivity index (χ1) is 8.60. The number of benzene rings is 1. The third-order valence-corrected chi connectivity index (χ3v) is 3.43.